The minimum atomic E-state index is -0.0465. The molecule has 1 aromatic heterocycles. The first kappa shape index (κ1) is 14.4. The van der Waals surface area contributed by atoms with Gasteiger partial charge < -0.3 is 9.72 Å². The van der Waals surface area contributed by atoms with Crippen LogP contribution in [0.25, 0.3) is 11.0 Å². The minimum absolute atomic E-state index is 0. The molecule has 0 amide bonds. The van der Waals surface area contributed by atoms with Crippen molar-refractivity contribution in [3.8, 4) is 5.75 Å². The summed E-state index contributed by atoms with van der Waals surface area (Å²) < 4.78 is 5.99. The number of aromatic amines is 1. The number of rotatable bonds is 4. The van der Waals surface area contributed by atoms with Crippen LogP contribution in [0.2, 0.25) is 0 Å². The average molecular weight is 289 g/mol. The quantitative estimate of drug-likeness (QED) is 0.767. The molecule has 4 heteroatoms. The van der Waals surface area contributed by atoms with Gasteiger partial charge in [-0.15, -0.1) is 12.4 Å². The second-order valence-corrected chi connectivity index (χ2v) is 4.47. The maximum atomic E-state index is 5.99. The summed E-state index contributed by atoms with van der Waals surface area (Å²) in [5.74, 6) is 1.75. The van der Waals surface area contributed by atoms with Crippen LogP contribution in [0.1, 0.15) is 25.3 Å². The maximum Gasteiger partial charge on any atom is 0.156 e. The van der Waals surface area contributed by atoms with Crippen molar-refractivity contribution in [3.63, 3.8) is 0 Å². The highest BCUT2D eigenvalue weighted by molar-refractivity contribution is 5.85. The molecule has 1 heterocycles. The molecule has 3 nitrogen and oxygen atoms in total. The van der Waals surface area contributed by atoms with Gasteiger partial charge >= 0.3 is 0 Å². The lowest BCUT2D eigenvalue weighted by molar-refractivity contribution is 0.192. The molecule has 0 aliphatic rings. The van der Waals surface area contributed by atoms with Crippen LogP contribution in [0.5, 0.6) is 5.75 Å². The number of aromatic nitrogens is 2. The summed E-state index contributed by atoms with van der Waals surface area (Å²) in [6, 6.07) is 17.9. The Morgan fingerprint density at radius 2 is 1.75 bits per heavy atom. The first-order valence-electron chi connectivity index (χ1n) is 6.53. The van der Waals surface area contributed by atoms with Gasteiger partial charge in [0.1, 0.15) is 11.6 Å². The van der Waals surface area contributed by atoms with E-state index in [9.17, 15) is 0 Å². The third kappa shape index (κ3) is 2.94. The lowest BCUT2D eigenvalue weighted by Gasteiger charge is -2.15. The summed E-state index contributed by atoms with van der Waals surface area (Å²) in [7, 11) is 0. The number of fused-ring (bicyclic) bond motifs is 1. The number of H-pyrrole nitrogens is 1. The van der Waals surface area contributed by atoms with E-state index >= 15 is 0 Å². The molecule has 1 unspecified atom stereocenters. The van der Waals surface area contributed by atoms with Crippen molar-refractivity contribution in [2.24, 2.45) is 0 Å². The standard InChI is InChI=1S/C16H16N2O.ClH/c1-2-15(19-12-8-4-3-5-9-12)16-17-13-10-6-7-11-14(13)18-16;/h3-11,15H,2H2,1H3,(H,17,18);1H. The van der Waals surface area contributed by atoms with Gasteiger partial charge in [-0.3, -0.25) is 0 Å². The zero-order chi connectivity index (χ0) is 13.1. The summed E-state index contributed by atoms with van der Waals surface area (Å²) in [5.41, 5.74) is 2.03. The van der Waals surface area contributed by atoms with E-state index in [0.717, 1.165) is 29.0 Å². The van der Waals surface area contributed by atoms with Gasteiger partial charge in [0.25, 0.3) is 0 Å². The molecule has 0 aliphatic carbocycles. The van der Waals surface area contributed by atoms with E-state index in [4.69, 9.17) is 4.74 Å². The summed E-state index contributed by atoms with van der Waals surface area (Å²) in [6.07, 6.45) is 0.823. The molecule has 0 spiro atoms. The van der Waals surface area contributed by atoms with E-state index in [1.165, 1.54) is 0 Å². The summed E-state index contributed by atoms with van der Waals surface area (Å²) in [6.45, 7) is 2.10. The smallest absolute Gasteiger partial charge is 0.156 e. The number of hydrogen-bond acceptors (Lipinski definition) is 2. The first-order valence-corrected chi connectivity index (χ1v) is 6.53. The molecule has 0 fully saturated rings. The number of hydrogen-bond donors (Lipinski definition) is 1. The van der Waals surface area contributed by atoms with Gasteiger partial charge in [0.15, 0.2) is 6.10 Å². The number of nitrogens with one attached hydrogen (secondary N) is 1. The van der Waals surface area contributed by atoms with Crippen LogP contribution in [-0.2, 0) is 0 Å². The number of nitrogens with zero attached hydrogens (tertiary/aromatic N) is 1. The Hall–Kier alpha value is -2.00. The van der Waals surface area contributed by atoms with Crippen molar-refractivity contribution in [2.45, 2.75) is 19.4 Å². The molecule has 0 saturated heterocycles. The second kappa shape index (κ2) is 6.44. The molecule has 0 radical (unpaired) electrons. The second-order valence-electron chi connectivity index (χ2n) is 4.47. The van der Waals surface area contributed by atoms with E-state index in [0.29, 0.717) is 0 Å². The van der Waals surface area contributed by atoms with Crippen molar-refractivity contribution in [2.75, 3.05) is 0 Å². The predicted molar refractivity (Wildman–Crippen MR) is 83.4 cm³/mol. The molecule has 0 aliphatic heterocycles. The Balaban J connectivity index is 0.00000147. The maximum absolute atomic E-state index is 5.99. The molecule has 3 aromatic rings. The molecule has 2 aromatic carbocycles. The third-order valence-corrected chi connectivity index (χ3v) is 3.11. The van der Waals surface area contributed by atoms with Gasteiger partial charge in [0.2, 0.25) is 0 Å². The highest BCUT2D eigenvalue weighted by Crippen LogP contribution is 2.24. The molecule has 1 N–H and O–H groups in total. The van der Waals surface area contributed by atoms with E-state index in [1.54, 1.807) is 0 Å². The lowest BCUT2D eigenvalue weighted by atomic mass is 10.2. The third-order valence-electron chi connectivity index (χ3n) is 3.11. The van der Waals surface area contributed by atoms with E-state index in [-0.39, 0.29) is 18.5 Å². The van der Waals surface area contributed by atoms with Crippen LogP contribution in [0.4, 0.5) is 0 Å². The fourth-order valence-corrected chi connectivity index (χ4v) is 2.12. The fourth-order valence-electron chi connectivity index (χ4n) is 2.12. The molecule has 1 atom stereocenters. The molecule has 0 bridgehead atoms. The van der Waals surface area contributed by atoms with Crippen LogP contribution < -0.4 is 4.74 Å². The fraction of sp³-hybridized carbons (Fsp3) is 0.188. The van der Waals surface area contributed by atoms with Crippen molar-refractivity contribution in [1.29, 1.82) is 0 Å². The summed E-state index contributed by atoms with van der Waals surface area (Å²) in [4.78, 5) is 7.93. The Bertz CT molecular complexity index is 633. The number of benzene rings is 2. The van der Waals surface area contributed by atoms with Gasteiger partial charge in [-0.05, 0) is 30.7 Å². The van der Waals surface area contributed by atoms with Crippen LogP contribution in [-0.4, -0.2) is 9.97 Å². The van der Waals surface area contributed by atoms with Gasteiger partial charge in [0, 0.05) is 0 Å². The Morgan fingerprint density at radius 1 is 1.05 bits per heavy atom. The first-order chi connectivity index (χ1) is 9.36. The van der Waals surface area contributed by atoms with Crippen molar-refractivity contribution in [1.82, 2.24) is 9.97 Å². The van der Waals surface area contributed by atoms with Crippen molar-refractivity contribution in [3.05, 3.63) is 60.4 Å². The number of ether oxygens (including phenoxy) is 1. The average Bonchev–Trinajstić information content (AvgIpc) is 2.89. The molecule has 20 heavy (non-hydrogen) atoms. The van der Waals surface area contributed by atoms with Crippen LogP contribution in [0.15, 0.2) is 54.6 Å². The van der Waals surface area contributed by atoms with Crippen LogP contribution in [0, 0.1) is 0 Å². The van der Waals surface area contributed by atoms with E-state index < -0.39 is 0 Å². The molecular weight excluding hydrogens is 272 g/mol. The molecule has 104 valence electrons. The zero-order valence-corrected chi connectivity index (χ0v) is 12.1. The Morgan fingerprint density at radius 3 is 2.45 bits per heavy atom. The minimum Gasteiger partial charge on any atom is -0.483 e. The van der Waals surface area contributed by atoms with Gasteiger partial charge in [-0.2, -0.15) is 0 Å². The van der Waals surface area contributed by atoms with Crippen molar-refractivity contribution < 1.29 is 4.74 Å². The van der Waals surface area contributed by atoms with Gasteiger partial charge in [-0.1, -0.05) is 37.3 Å². The topological polar surface area (TPSA) is 37.9 Å². The predicted octanol–water partition coefficient (Wildman–Crippen LogP) is 4.51. The number of para-hydroxylation sites is 3. The monoisotopic (exact) mass is 288 g/mol. The van der Waals surface area contributed by atoms with E-state index in [2.05, 4.69) is 16.9 Å². The molecule has 3 rings (SSSR count). The molecular formula is C16H17ClN2O. The highest BCUT2D eigenvalue weighted by atomic mass is 35.5. The summed E-state index contributed by atoms with van der Waals surface area (Å²) in [5, 5.41) is 0. The highest BCUT2D eigenvalue weighted by Gasteiger charge is 2.15. The largest absolute Gasteiger partial charge is 0.483 e. The van der Waals surface area contributed by atoms with Crippen LogP contribution >= 0.6 is 12.4 Å². The van der Waals surface area contributed by atoms with Gasteiger partial charge in [0.05, 0.1) is 11.0 Å². The summed E-state index contributed by atoms with van der Waals surface area (Å²) >= 11 is 0. The Kier molecular flexibility index (Phi) is 4.64. The van der Waals surface area contributed by atoms with Crippen LogP contribution in [0.3, 0.4) is 0 Å². The van der Waals surface area contributed by atoms with Gasteiger partial charge in [-0.25, -0.2) is 4.98 Å². The zero-order valence-electron chi connectivity index (χ0n) is 11.2. The molecule has 0 saturated carbocycles. The SMILES string of the molecule is CCC(Oc1ccccc1)c1nc2ccccc2[nH]1.Cl. The lowest BCUT2D eigenvalue weighted by Crippen LogP contribution is -2.08. The normalized spacial score (nSPS) is 11.8. The van der Waals surface area contributed by atoms with E-state index in [1.807, 2.05) is 54.6 Å². The number of halogens is 1. The van der Waals surface area contributed by atoms with Crippen molar-refractivity contribution >= 4 is 23.4 Å². The number of imidazole rings is 1. The Labute approximate surface area is 124 Å².